The van der Waals surface area contributed by atoms with Crippen LogP contribution in [-0.2, 0) is 9.53 Å². The van der Waals surface area contributed by atoms with Crippen molar-refractivity contribution in [2.45, 2.75) is 0 Å². The summed E-state index contributed by atoms with van der Waals surface area (Å²) in [5.41, 5.74) is 1.87. The van der Waals surface area contributed by atoms with Crippen molar-refractivity contribution in [2.75, 3.05) is 35.3 Å². The molecule has 3 aromatic carbocycles. The summed E-state index contributed by atoms with van der Waals surface area (Å²) in [7, 11) is 0. The second-order valence-corrected chi connectivity index (χ2v) is 7.44. The Morgan fingerprint density at radius 1 is 0.882 bits per heavy atom. The lowest BCUT2D eigenvalue weighted by Crippen LogP contribution is -2.41. The lowest BCUT2D eigenvalue weighted by molar-refractivity contribution is -0.384. The van der Waals surface area contributed by atoms with Crippen molar-refractivity contribution in [2.24, 2.45) is 0 Å². The van der Waals surface area contributed by atoms with E-state index in [1.165, 1.54) is 30.3 Å². The molecule has 2 N–H and O–H groups in total. The molecule has 1 heterocycles. The second-order valence-electron chi connectivity index (χ2n) is 7.44. The van der Waals surface area contributed by atoms with Gasteiger partial charge < -0.3 is 20.3 Å². The topological polar surface area (TPSA) is 131 Å². The normalized spacial score (nSPS) is 13.3. The summed E-state index contributed by atoms with van der Waals surface area (Å²) in [6.45, 7) is 0.990. The fraction of sp³-hybridized carbons (Fsp3) is 0.125. The fourth-order valence-corrected chi connectivity index (χ4v) is 3.42. The minimum Gasteiger partial charge on any atom is -0.370 e. The van der Waals surface area contributed by atoms with Crippen LogP contribution in [0, 0.1) is 10.1 Å². The van der Waals surface area contributed by atoms with Gasteiger partial charge in [0, 0.05) is 46.9 Å². The van der Waals surface area contributed by atoms with Gasteiger partial charge in [-0.05, 0) is 48.5 Å². The third kappa shape index (κ3) is 5.25. The van der Waals surface area contributed by atoms with Crippen molar-refractivity contribution >= 4 is 40.5 Å². The number of carbonyl (C=O) groups excluding carboxylic acids is 3. The van der Waals surface area contributed by atoms with E-state index in [4.69, 9.17) is 4.74 Å². The summed E-state index contributed by atoms with van der Waals surface area (Å²) in [5, 5.41) is 16.3. The Bertz CT molecular complexity index is 1260. The largest absolute Gasteiger partial charge is 0.370 e. The first-order valence-corrected chi connectivity index (χ1v) is 10.4. The molecule has 0 aliphatic carbocycles. The highest BCUT2D eigenvalue weighted by Gasteiger charge is 2.20. The Kier molecular flexibility index (Phi) is 6.60. The van der Waals surface area contributed by atoms with Crippen LogP contribution in [0.25, 0.3) is 0 Å². The number of amides is 3. The molecule has 172 valence electrons. The maximum absolute atomic E-state index is 12.7. The summed E-state index contributed by atoms with van der Waals surface area (Å²) in [6.07, 6.45) is 0. The van der Waals surface area contributed by atoms with E-state index in [1.807, 2.05) is 0 Å². The van der Waals surface area contributed by atoms with Crippen LogP contribution in [-0.4, -0.2) is 42.4 Å². The van der Waals surface area contributed by atoms with Crippen LogP contribution < -0.4 is 15.5 Å². The molecule has 3 aromatic rings. The van der Waals surface area contributed by atoms with Gasteiger partial charge in [-0.2, -0.15) is 0 Å². The Morgan fingerprint density at radius 3 is 2.21 bits per heavy atom. The number of carbonyl (C=O) groups is 3. The number of nitrogens with one attached hydrogen (secondary N) is 2. The molecular weight excluding hydrogens is 440 g/mol. The van der Waals surface area contributed by atoms with Gasteiger partial charge in [0.05, 0.1) is 11.5 Å². The van der Waals surface area contributed by atoms with E-state index in [0.29, 0.717) is 30.1 Å². The fourth-order valence-electron chi connectivity index (χ4n) is 3.42. The zero-order chi connectivity index (χ0) is 24.1. The molecule has 1 aliphatic rings. The Balaban J connectivity index is 1.41. The number of nitro benzene ring substituents is 1. The highest BCUT2D eigenvalue weighted by Crippen LogP contribution is 2.21. The number of nitrogens with zero attached hydrogens (tertiary/aromatic N) is 2. The summed E-state index contributed by atoms with van der Waals surface area (Å²) in [6, 6.07) is 18.6. The number of ether oxygens (including phenoxy) is 1. The molecule has 0 unspecified atom stereocenters. The van der Waals surface area contributed by atoms with Crippen LogP contribution in [0.15, 0.2) is 72.8 Å². The van der Waals surface area contributed by atoms with Gasteiger partial charge in [-0.25, -0.2) is 0 Å². The number of hydrogen-bond acceptors (Lipinski definition) is 6. The minimum atomic E-state index is -0.576. The van der Waals surface area contributed by atoms with Gasteiger partial charge in [-0.15, -0.1) is 0 Å². The van der Waals surface area contributed by atoms with Gasteiger partial charge in [0.1, 0.15) is 6.61 Å². The summed E-state index contributed by atoms with van der Waals surface area (Å²) in [4.78, 5) is 49.1. The first kappa shape index (κ1) is 22.6. The maximum Gasteiger partial charge on any atom is 0.270 e. The molecule has 10 heteroatoms. The van der Waals surface area contributed by atoms with Gasteiger partial charge in [0.15, 0.2) is 0 Å². The predicted octanol–water partition coefficient (Wildman–Crippen LogP) is 3.46. The molecule has 10 nitrogen and oxygen atoms in total. The molecule has 1 saturated heterocycles. The SMILES string of the molecule is O=C(Nc1ccc(N2CCOCC2=O)cc1)c1cccc(NC(=O)c2cccc([N+](=O)[O-])c2)c1. The number of hydrogen-bond donors (Lipinski definition) is 2. The van der Waals surface area contributed by atoms with Crippen LogP contribution in [0.3, 0.4) is 0 Å². The molecule has 34 heavy (non-hydrogen) atoms. The third-order valence-corrected chi connectivity index (χ3v) is 5.12. The summed E-state index contributed by atoms with van der Waals surface area (Å²) in [5.74, 6) is -1.04. The number of nitro groups is 1. The van der Waals surface area contributed by atoms with Crippen molar-refractivity contribution < 1.29 is 24.0 Å². The van der Waals surface area contributed by atoms with Crippen LogP contribution in [0.4, 0.5) is 22.7 Å². The molecule has 0 atom stereocenters. The van der Waals surface area contributed by atoms with Crippen LogP contribution >= 0.6 is 0 Å². The zero-order valence-electron chi connectivity index (χ0n) is 17.9. The van der Waals surface area contributed by atoms with E-state index < -0.39 is 10.8 Å². The minimum absolute atomic E-state index is 0.0481. The average Bonchev–Trinajstić information content (AvgIpc) is 2.85. The highest BCUT2D eigenvalue weighted by molar-refractivity contribution is 6.07. The Labute approximate surface area is 194 Å². The van der Waals surface area contributed by atoms with E-state index in [0.717, 1.165) is 5.69 Å². The van der Waals surface area contributed by atoms with E-state index in [9.17, 15) is 24.5 Å². The molecule has 3 amide bonds. The quantitative estimate of drug-likeness (QED) is 0.428. The second kappa shape index (κ2) is 9.92. The smallest absolute Gasteiger partial charge is 0.270 e. The molecule has 4 rings (SSSR count). The molecule has 0 aromatic heterocycles. The molecule has 0 saturated carbocycles. The Morgan fingerprint density at radius 2 is 1.53 bits per heavy atom. The van der Waals surface area contributed by atoms with E-state index >= 15 is 0 Å². The van der Waals surface area contributed by atoms with Crippen LogP contribution in [0.1, 0.15) is 20.7 Å². The Hall–Kier alpha value is -4.57. The van der Waals surface area contributed by atoms with Crippen molar-refractivity contribution in [1.29, 1.82) is 0 Å². The van der Waals surface area contributed by atoms with Crippen LogP contribution in [0.5, 0.6) is 0 Å². The van der Waals surface area contributed by atoms with Gasteiger partial charge >= 0.3 is 0 Å². The predicted molar refractivity (Wildman–Crippen MR) is 125 cm³/mol. The molecule has 1 fully saturated rings. The van der Waals surface area contributed by atoms with Crippen molar-refractivity contribution in [3.8, 4) is 0 Å². The standard InChI is InChI=1S/C24H20N4O6/c29-22-15-34-12-11-27(22)20-9-7-18(8-10-20)25-23(30)16-3-1-5-19(13-16)26-24(31)17-4-2-6-21(14-17)28(32)33/h1-10,13-14H,11-12,15H2,(H,25,30)(H,26,31). The number of anilines is 3. The lowest BCUT2D eigenvalue weighted by Gasteiger charge is -2.26. The van der Waals surface area contributed by atoms with Gasteiger partial charge in [-0.3, -0.25) is 24.5 Å². The summed E-state index contributed by atoms with van der Waals surface area (Å²) >= 11 is 0. The summed E-state index contributed by atoms with van der Waals surface area (Å²) < 4.78 is 5.13. The van der Waals surface area contributed by atoms with Crippen molar-refractivity contribution in [1.82, 2.24) is 0 Å². The lowest BCUT2D eigenvalue weighted by atomic mass is 10.1. The zero-order valence-corrected chi connectivity index (χ0v) is 17.9. The number of morpholine rings is 1. The highest BCUT2D eigenvalue weighted by atomic mass is 16.6. The number of benzene rings is 3. The van der Waals surface area contributed by atoms with Gasteiger partial charge in [-0.1, -0.05) is 12.1 Å². The van der Waals surface area contributed by atoms with Crippen molar-refractivity contribution in [3.05, 3.63) is 94.0 Å². The van der Waals surface area contributed by atoms with Gasteiger partial charge in [0.2, 0.25) is 0 Å². The van der Waals surface area contributed by atoms with E-state index in [-0.39, 0.29) is 29.7 Å². The van der Waals surface area contributed by atoms with Crippen LogP contribution in [0.2, 0.25) is 0 Å². The van der Waals surface area contributed by atoms with Gasteiger partial charge in [0.25, 0.3) is 23.4 Å². The average molecular weight is 460 g/mol. The molecule has 1 aliphatic heterocycles. The first-order chi connectivity index (χ1) is 16.4. The van der Waals surface area contributed by atoms with E-state index in [2.05, 4.69) is 10.6 Å². The van der Waals surface area contributed by atoms with Crippen molar-refractivity contribution in [3.63, 3.8) is 0 Å². The molecular formula is C24H20N4O6. The van der Waals surface area contributed by atoms with E-state index in [1.54, 1.807) is 47.4 Å². The molecule has 0 bridgehead atoms. The third-order valence-electron chi connectivity index (χ3n) is 5.12. The monoisotopic (exact) mass is 460 g/mol. The molecule has 0 radical (unpaired) electrons. The molecule has 0 spiro atoms. The first-order valence-electron chi connectivity index (χ1n) is 10.4. The number of non-ortho nitro benzene ring substituents is 1. The maximum atomic E-state index is 12.7. The number of rotatable bonds is 6.